The highest BCUT2D eigenvalue weighted by atomic mass is 16.6. The van der Waals surface area contributed by atoms with E-state index in [0.717, 1.165) is 26.1 Å². The minimum absolute atomic E-state index is 0.117. The summed E-state index contributed by atoms with van der Waals surface area (Å²) < 4.78 is 62.0. The molecule has 6 fully saturated rings. The molecule has 252 valence electrons. The van der Waals surface area contributed by atoms with Crippen molar-refractivity contribution in [2.75, 3.05) is 128 Å². The van der Waals surface area contributed by atoms with Gasteiger partial charge in [0.15, 0.2) is 0 Å². The number of anilines is 3. The molecule has 17 heteroatoms. The van der Waals surface area contributed by atoms with E-state index in [1.165, 1.54) is 0 Å². The normalized spacial score (nSPS) is 28.5. The highest BCUT2D eigenvalue weighted by molar-refractivity contribution is 5.46. The van der Waals surface area contributed by atoms with Crippen molar-refractivity contribution in [3.8, 4) is 0 Å². The highest BCUT2D eigenvalue weighted by Gasteiger charge is 2.29. The molecule has 0 aromatic carbocycles. The van der Waals surface area contributed by atoms with Gasteiger partial charge in [-0.25, -0.2) is 0 Å². The largest absolute Gasteiger partial charge is 0.373 e. The van der Waals surface area contributed by atoms with Crippen LogP contribution in [0.4, 0.5) is 17.8 Å². The van der Waals surface area contributed by atoms with Gasteiger partial charge in [-0.15, -0.1) is 0 Å². The van der Waals surface area contributed by atoms with E-state index in [9.17, 15) is 0 Å². The second-order valence-corrected chi connectivity index (χ2v) is 12.0. The molecule has 6 atom stereocenters. The lowest BCUT2D eigenvalue weighted by molar-refractivity contribution is 0.0688. The van der Waals surface area contributed by atoms with Crippen LogP contribution in [0.2, 0.25) is 0 Å². The summed E-state index contributed by atoms with van der Waals surface area (Å²) in [7, 11) is 0. The molecule has 6 unspecified atom stereocenters. The van der Waals surface area contributed by atoms with Gasteiger partial charge < -0.3 is 57.0 Å². The standard InChI is InChI=1S/C28H44N6O11/c1(2-20-9-40-20)3-32(15-35-4-21-10-41-21)26-29-27(33(16-36-5-22-11-42-22)17-37-6-23-12-43-23)31-28(30-26)34(18-38-7-24-13-44-24)19-39-8-25-14-45-25/h20-25H,1-19H2. The number of aromatic nitrogens is 3. The average Bonchev–Trinajstić information content (AvgIpc) is 3.81. The lowest BCUT2D eigenvalue weighted by Crippen LogP contribution is -2.37. The van der Waals surface area contributed by atoms with Gasteiger partial charge in [-0.1, -0.05) is 0 Å². The Hall–Kier alpha value is -2.03. The van der Waals surface area contributed by atoms with Gasteiger partial charge in [0.1, 0.15) is 64.2 Å². The van der Waals surface area contributed by atoms with Crippen LogP contribution in [0, 0.1) is 0 Å². The van der Waals surface area contributed by atoms with Crippen LogP contribution in [-0.4, -0.2) is 164 Å². The van der Waals surface area contributed by atoms with Gasteiger partial charge in [-0.3, -0.25) is 9.80 Å². The smallest absolute Gasteiger partial charge is 0.235 e. The van der Waals surface area contributed by atoms with Crippen LogP contribution in [0.3, 0.4) is 0 Å². The molecule has 6 saturated heterocycles. The molecule has 6 aliphatic heterocycles. The fourth-order valence-corrected chi connectivity index (χ4v) is 4.33. The zero-order chi connectivity index (χ0) is 30.3. The van der Waals surface area contributed by atoms with Gasteiger partial charge in [0, 0.05) is 6.54 Å². The Kier molecular flexibility index (Phi) is 11.0. The monoisotopic (exact) mass is 640 g/mol. The summed E-state index contributed by atoms with van der Waals surface area (Å²) >= 11 is 0. The predicted octanol–water partition coefficient (Wildman–Crippen LogP) is -0.666. The SMILES string of the molecule is C(CC1CO1)CN(COCC1CO1)c1nc(N(COCC2CO2)COCC2CO2)nc(N(COCC2CO2)COCC2CO2)n1. The molecular formula is C28H44N6O11. The molecular weight excluding hydrogens is 596 g/mol. The van der Waals surface area contributed by atoms with Crippen molar-refractivity contribution in [1.82, 2.24) is 15.0 Å². The maximum atomic E-state index is 6.03. The van der Waals surface area contributed by atoms with Gasteiger partial charge in [-0.05, 0) is 12.8 Å². The lowest BCUT2D eigenvalue weighted by Gasteiger charge is -2.28. The van der Waals surface area contributed by atoms with Crippen molar-refractivity contribution in [3.05, 3.63) is 0 Å². The van der Waals surface area contributed by atoms with Gasteiger partial charge in [0.05, 0.1) is 78.8 Å². The number of epoxide rings is 6. The van der Waals surface area contributed by atoms with Crippen molar-refractivity contribution in [3.63, 3.8) is 0 Å². The van der Waals surface area contributed by atoms with Crippen LogP contribution in [-0.2, 0) is 52.1 Å². The maximum absolute atomic E-state index is 6.03. The van der Waals surface area contributed by atoms with E-state index >= 15 is 0 Å². The van der Waals surface area contributed by atoms with E-state index in [1.807, 2.05) is 14.7 Å². The quantitative estimate of drug-likeness (QED) is 0.0876. The van der Waals surface area contributed by atoms with Crippen molar-refractivity contribution >= 4 is 17.8 Å². The van der Waals surface area contributed by atoms with Crippen LogP contribution in [0.5, 0.6) is 0 Å². The van der Waals surface area contributed by atoms with Crippen LogP contribution in [0.1, 0.15) is 12.8 Å². The molecule has 1 aromatic heterocycles. The third kappa shape index (κ3) is 11.6. The molecule has 0 N–H and O–H groups in total. The van der Waals surface area contributed by atoms with E-state index in [-0.39, 0.29) is 57.4 Å². The Bertz CT molecular complexity index is 861. The van der Waals surface area contributed by atoms with Gasteiger partial charge in [0.2, 0.25) is 17.8 Å². The van der Waals surface area contributed by atoms with Gasteiger partial charge >= 0.3 is 0 Å². The Balaban J connectivity index is 1.12. The van der Waals surface area contributed by atoms with Crippen molar-refractivity contribution in [2.45, 2.75) is 49.5 Å². The average molecular weight is 641 g/mol. The topological polar surface area (TPSA) is 170 Å². The van der Waals surface area contributed by atoms with Crippen LogP contribution < -0.4 is 14.7 Å². The van der Waals surface area contributed by atoms with E-state index in [2.05, 4.69) is 0 Å². The van der Waals surface area contributed by atoms with Crippen molar-refractivity contribution < 1.29 is 52.1 Å². The Labute approximate surface area is 262 Å². The molecule has 0 amide bonds. The molecule has 7 heterocycles. The Morgan fingerprint density at radius 3 is 1.04 bits per heavy atom. The lowest BCUT2D eigenvalue weighted by atomic mass is 10.2. The van der Waals surface area contributed by atoms with Crippen LogP contribution >= 0.6 is 0 Å². The minimum Gasteiger partial charge on any atom is -0.373 e. The fourth-order valence-electron chi connectivity index (χ4n) is 4.33. The Morgan fingerprint density at radius 2 is 0.733 bits per heavy atom. The maximum Gasteiger partial charge on any atom is 0.235 e. The molecule has 45 heavy (non-hydrogen) atoms. The van der Waals surface area contributed by atoms with E-state index in [0.29, 0.717) is 96.7 Å². The molecule has 0 radical (unpaired) electrons. The fraction of sp³-hybridized carbons (Fsp3) is 0.893. The summed E-state index contributed by atoms with van der Waals surface area (Å²) in [6.45, 7) is 8.52. The number of hydrogen-bond acceptors (Lipinski definition) is 17. The minimum atomic E-state index is 0.117. The first-order valence-electron chi connectivity index (χ1n) is 15.8. The first kappa shape index (κ1) is 31.6. The number of hydrogen-bond donors (Lipinski definition) is 0. The molecule has 7 rings (SSSR count). The summed E-state index contributed by atoms with van der Waals surface area (Å²) in [5, 5.41) is 0. The molecule has 17 nitrogen and oxygen atoms in total. The zero-order valence-electron chi connectivity index (χ0n) is 25.6. The second-order valence-electron chi connectivity index (χ2n) is 12.0. The summed E-state index contributed by atoms with van der Waals surface area (Å²) in [6.07, 6.45) is 2.77. The highest BCUT2D eigenvalue weighted by Crippen LogP contribution is 2.23. The van der Waals surface area contributed by atoms with E-state index in [4.69, 9.17) is 67.1 Å². The molecule has 0 saturated carbocycles. The van der Waals surface area contributed by atoms with Crippen LogP contribution in [0.25, 0.3) is 0 Å². The molecule has 0 aliphatic carbocycles. The van der Waals surface area contributed by atoms with Crippen molar-refractivity contribution in [1.29, 1.82) is 0 Å². The zero-order valence-corrected chi connectivity index (χ0v) is 25.6. The Morgan fingerprint density at radius 1 is 0.444 bits per heavy atom. The molecule has 6 aliphatic rings. The van der Waals surface area contributed by atoms with Crippen molar-refractivity contribution in [2.24, 2.45) is 0 Å². The number of rotatable bonds is 27. The van der Waals surface area contributed by atoms with Gasteiger partial charge in [-0.2, -0.15) is 15.0 Å². The third-order valence-electron chi connectivity index (χ3n) is 7.57. The first-order valence-corrected chi connectivity index (χ1v) is 15.8. The van der Waals surface area contributed by atoms with Crippen LogP contribution in [0.15, 0.2) is 0 Å². The molecule has 1 aromatic rings. The molecule has 0 spiro atoms. The summed E-state index contributed by atoms with van der Waals surface area (Å²) in [5.74, 6) is 1.25. The summed E-state index contributed by atoms with van der Waals surface area (Å²) in [4.78, 5) is 20.4. The second kappa shape index (κ2) is 15.7. The first-order chi connectivity index (χ1) is 22.2. The third-order valence-corrected chi connectivity index (χ3v) is 7.57. The number of nitrogens with zero attached hydrogens (tertiary/aromatic N) is 6. The summed E-state index contributed by atoms with van der Waals surface area (Å²) in [6, 6.07) is 0. The van der Waals surface area contributed by atoms with Gasteiger partial charge in [0.25, 0.3) is 0 Å². The molecule has 0 bridgehead atoms. The number of ether oxygens (including phenoxy) is 11. The predicted molar refractivity (Wildman–Crippen MR) is 154 cm³/mol. The van der Waals surface area contributed by atoms with E-state index in [1.54, 1.807) is 0 Å². The summed E-state index contributed by atoms with van der Waals surface area (Å²) in [5.41, 5.74) is 0. The van der Waals surface area contributed by atoms with E-state index < -0.39 is 0 Å².